The van der Waals surface area contributed by atoms with Crippen molar-refractivity contribution in [2.24, 2.45) is 0 Å². The summed E-state index contributed by atoms with van der Waals surface area (Å²) < 4.78 is 4.93. The molecule has 132 valence electrons. The summed E-state index contributed by atoms with van der Waals surface area (Å²) in [5.41, 5.74) is 1.73. The van der Waals surface area contributed by atoms with Crippen molar-refractivity contribution in [1.82, 2.24) is 0 Å². The van der Waals surface area contributed by atoms with Crippen LogP contribution in [0.15, 0.2) is 53.4 Å². The zero-order valence-corrected chi connectivity index (χ0v) is 15.4. The lowest BCUT2D eigenvalue weighted by molar-refractivity contribution is -0.510. The molecule has 5 nitrogen and oxygen atoms in total. The number of esters is 1. The van der Waals surface area contributed by atoms with Gasteiger partial charge in [-0.1, -0.05) is 41.4 Å². The largest absolute Gasteiger partial charge is 0.461 e. The second-order valence-corrected chi connectivity index (χ2v) is 7.04. The molecule has 0 radical (unpaired) electrons. The van der Waals surface area contributed by atoms with E-state index in [9.17, 15) is 14.9 Å². The van der Waals surface area contributed by atoms with E-state index >= 15 is 0 Å². The van der Waals surface area contributed by atoms with E-state index < -0.39 is 22.2 Å². The molecule has 0 amide bonds. The number of aryl methyl sites for hydroxylation is 1. The monoisotopic (exact) mass is 379 g/mol. The molecule has 25 heavy (non-hydrogen) atoms. The zero-order chi connectivity index (χ0) is 18.4. The second-order valence-electron chi connectivity index (χ2n) is 5.39. The van der Waals surface area contributed by atoms with Gasteiger partial charge in [-0.3, -0.25) is 10.1 Å². The summed E-state index contributed by atoms with van der Waals surface area (Å²) in [5, 5.41) is 11.4. The molecular formula is C18H18ClNO4S. The van der Waals surface area contributed by atoms with Crippen LogP contribution >= 0.6 is 23.4 Å². The second kappa shape index (κ2) is 8.87. The van der Waals surface area contributed by atoms with Crippen molar-refractivity contribution in [3.63, 3.8) is 0 Å². The number of ether oxygens (including phenoxy) is 1. The van der Waals surface area contributed by atoms with Crippen molar-refractivity contribution in [1.29, 1.82) is 0 Å². The van der Waals surface area contributed by atoms with Crippen molar-refractivity contribution in [3.05, 3.63) is 74.8 Å². The highest BCUT2D eigenvalue weighted by atomic mass is 35.5. The fourth-order valence-electron chi connectivity index (χ4n) is 2.28. The van der Waals surface area contributed by atoms with Gasteiger partial charge in [-0.2, -0.15) is 0 Å². The molecule has 0 bridgehead atoms. The Kier molecular flexibility index (Phi) is 6.84. The van der Waals surface area contributed by atoms with Crippen molar-refractivity contribution >= 4 is 29.3 Å². The Morgan fingerprint density at radius 2 is 1.80 bits per heavy atom. The molecule has 7 heteroatoms. The molecule has 0 aliphatic carbocycles. The van der Waals surface area contributed by atoms with Gasteiger partial charge in [0.25, 0.3) is 0 Å². The Labute approximate surface area is 155 Å². The van der Waals surface area contributed by atoms with Crippen molar-refractivity contribution in [2.75, 3.05) is 6.61 Å². The van der Waals surface area contributed by atoms with E-state index in [4.69, 9.17) is 16.3 Å². The number of carbonyl (C=O) groups excluding carboxylic acids is 1. The maximum Gasteiger partial charge on any atom is 0.383 e. The minimum atomic E-state index is -1.51. The van der Waals surface area contributed by atoms with E-state index in [1.54, 1.807) is 31.2 Å². The quantitative estimate of drug-likeness (QED) is 0.302. The van der Waals surface area contributed by atoms with Gasteiger partial charge < -0.3 is 4.74 Å². The molecule has 0 aliphatic heterocycles. The van der Waals surface area contributed by atoms with Crippen molar-refractivity contribution < 1.29 is 14.5 Å². The third-order valence-corrected chi connectivity index (χ3v) is 5.10. The van der Waals surface area contributed by atoms with Crippen LogP contribution in [0.1, 0.15) is 23.3 Å². The van der Waals surface area contributed by atoms with Gasteiger partial charge in [0, 0.05) is 14.8 Å². The lowest BCUT2D eigenvalue weighted by Crippen LogP contribution is -2.36. The maximum atomic E-state index is 12.2. The van der Waals surface area contributed by atoms with Crippen LogP contribution in [0.3, 0.4) is 0 Å². The molecule has 2 unspecified atom stereocenters. The van der Waals surface area contributed by atoms with E-state index in [-0.39, 0.29) is 6.61 Å². The Bertz CT molecular complexity index is 734. The Morgan fingerprint density at radius 3 is 2.32 bits per heavy atom. The Balaban J connectivity index is 2.42. The first-order valence-corrected chi connectivity index (χ1v) is 8.97. The van der Waals surface area contributed by atoms with Crippen LogP contribution in [0.5, 0.6) is 0 Å². The van der Waals surface area contributed by atoms with Gasteiger partial charge >= 0.3 is 12.0 Å². The molecular weight excluding hydrogens is 362 g/mol. The van der Waals surface area contributed by atoms with Crippen LogP contribution in [-0.2, 0) is 9.53 Å². The number of halogens is 1. The standard InChI is InChI=1S/C18H18ClNO4S/c1-3-24-18(21)16(20(22)23)17(13-6-8-14(19)9-7-13)25-15-10-4-12(2)5-11-15/h4-11,16-17H,3H2,1-2H3. The molecule has 0 aromatic heterocycles. The Morgan fingerprint density at radius 1 is 1.20 bits per heavy atom. The van der Waals surface area contributed by atoms with Gasteiger partial charge in [0.1, 0.15) is 5.25 Å². The SMILES string of the molecule is CCOC(=O)C(C(Sc1ccc(C)cc1)c1ccc(Cl)cc1)[N+](=O)[O-]. The molecule has 0 fully saturated rings. The van der Waals surface area contributed by atoms with Crippen LogP contribution in [0.4, 0.5) is 0 Å². The average Bonchev–Trinajstić information content (AvgIpc) is 2.57. The molecule has 2 aromatic rings. The molecule has 2 rings (SSSR count). The number of benzene rings is 2. The van der Waals surface area contributed by atoms with Crippen LogP contribution in [0, 0.1) is 17.0 Å². The number of hydrogen-bond donors (Lipinski definition) is 0. The molecule has 0 saturated heterocycles. The van der Waals surface area contributed by atoms with E-state index in [0.717, 1.165) is 10.5 Å². The van der Waals surface area contributed by atoms with E-state index in [1.165, 1.54) is 11.8 Å². The number of carbonyl (C=O) groups is 1. The normalized spacial score (nSPS) is 13.1. The van der Waals surface area contributed by atoms with Gasteiger partial charge in [0.05, 0.1) is 6.61 Å². The first kappa shape index (κ1) is 19.3. The third-order valence-electron chi connectivity index (χ3n) is 3.52. The fraction of sp³-hybridized carbons (Fsp3) is 0.278. The first-order valence-electron chi connectivity index (χ1n) is 7.71. The number of rotatable bonds is 7. The summed E-state index contributed by atoms with van der Waals surface area (Å²) in [6.45, 7) is 3.68. The molecule has 0 aliphatic rings. The van der Waals surface area contributed by atoms with Crippen LogP contribution in [0.2, 0.25) is 5.02 Å². The fourth-order valence-corrected chi connectivity index (χ4v) is 3.62. The topological polar surface area (TPSA) is 69.4 Å². The summed E-state index contributed by atoms with van der Waals surface area (Å²) in [6.07, 6.45) is 0. The molecule has 0 N–H and O–H groups in total. The predicted molar refractivity (Wildman–Crippen MR) is 98.6 cm³/mol. The summed E-state index contributed by atoms with van der Waals surface area (Å²) in [5.74, 6) is -0.841. The summed E-state index contributed by atoms with van der Waals surface area (Å²) in [7, 11) is 0. The number of nitrogens with zero attached hydrogens (tertiary/aromatic N) is 1. The summed E-state index contributed by atoms with van der Waals surface area (Å²) in [4.78, 5) is 24.1. The average molecular weight is 380 g/mol. The van der Waals surface area contributed by atoms with Gasteiger partial charge in [0.15, 0.2) is 0 Å². The lowest BCUT2D eigenvalue weighted by Gasteiger charge is -2.20. The van der Waals surface area contributed by atoms with Gasteiger partial charge in [0.2, 0.25) is 0 Å². The van der Waals surface area contributed by atoms with Gasteiger partial charge in [-0.15, -0.1) is 11.8 Å². The van der Waals surface area contributed by atoms with Gasteiger partial charge in [-0.25, -0.2) is 4.79 Å². The summed E-state index contributed by atoms with van der Waals surface area (Å²) >= 11 is 7.18. The molecule has 0 heterocycles. The van der Waals surface area contributed by atoms with E-state index in [2.05, 4.69) is 0 Å². The summed E-state index contributed by atoms with van der Waals surface area (Å²) in [6, 6.07) is 12.8. The molecule has 0 saturated carbocycles. The minimum Gasteiger partial charge on any atom is -0.461 e. The van der Waals surface area contributed by atoms with E-state index in [0.29, 0.717) is 10.6 Å². The minimum absolute atomic E-state index is 0.0890. The van der Waals surface area contributed by atoms with Crippen molar-refractivity contribution in [3.8, 4) is 0 Å². The molecule has 2 atom stereocenters. The Hall–Kier alpha value is -2.05. The van der Waals surface area contributed by atoms with Crippen LogP contribution in [-0.4, -0.2) is 23.5 Å². The zero-order valence-electron chi connectivity index (χ0n) is 13.8. The highest BCUT2D eigenvalue weighted by Gasteiger charge is 2.41. The van der Waals surface area contributed by atoms with Crippen LogP contribution < -0.4 is 0 Å². The molecule has 2 aromatic carbocycles. The maximum absolute atomic E-state index is 12.2. The van der Waals surface area contributed by atoms with Crippen LogP contribution in [0.25, 0.3) is 0 Å². The lowest BCUT2D eigenvalue weighted by atomic mass is 10.1. The first-order chi connectivity index (χ1) is 11.9. The molecule has 0 spiro atoms. The van der Waals surface area contributed by atoms with E-state index in [1.807, 2.05) is 31.2 Å². The number of thioether (sulfide) groups is 1. The van der Waals surface area contributed by atoms with Gasteiger partial charge in [-0.05, 0) is 43.7 Å². The highest BCUT2D eigenvalue weighted by molar-refractivity contribution is 7.99. The predicted octanol–water partition coefficient (Wildman–Crippen LogP) is 4.69. The highest BCUT2D eigenvalue weighted by Crippen LogP contribution is 2.39. The van der Waals surface area contributed by atoms with Crippen molar-refractivity contribution in [2.45, 2.75) is 30.0 Å². The smallest absolute Gasteiger partial charge is 0.383 e. The number of hydrogen-bond acceptors (Lipinski definition) is 5. The third kappa shape index (κ3) is 5.21. The number of nitro groups is 1.